The number of hydrogen-bond acceptors (Lipinski definition) is 5. The molecule has 0 saturated heterocycles. The normalized spacial score (nSPS) is 11.1. The molecule has 0 spiro atoms. The van der Waals surface area contributed by atoms with Gasteiger partial charge < -0.3 is 10.5 Å². The van der Waals surface area contributed by atoms with Crippen molar-refractivity contribution >= 4 is 33.9 Å². The fraction of sp³-hybridized carbons (Fsp3) is 0.214. The second-order valence-electron chi connectivity index (χ2n) is 4.37. The minimum absolute atomic E-state index is 0.0458. The Morgan fingerprint density at radius 2 is 2.15 bits per heavy atom. The Morgan fingerprint density at radius 1 is 1.35 bits per heavy atom. The minimum Gasteiger partial charge on any atom is -0.465 e. The van der Waals surface area contributed by atoms with Gasteiger partial charge in [0.25, 0.3) is 0 Å². The van der Waals surface area contributed by atoms with Gasteiger partial charge in [-0.3, -0.25) is 14.3 Å². The van der Waals surface area contributed by atoms with Crippen LogP contribution >= 0.6 is 0 Å². The molecular weight excluding hydrogens is 256 g/mol. The molecule has 2 aromatic heterocycles. The highest BCUT2D eigenvalue weighted by atomic mass is 16.5. The molecule has 6 nitrogen and oxygen atoms in total. The summed E-state index contributed by atoms with van der Waals surface area (Å²) in [5, 5.41) is 0.915. The van der Waals surface area contributed by atoms with E-state index in [1.807, 2.05) is 24.3 Å². The van der Waals surface area contributed by atoms with Gasteiger partial charge in [0.1, 0.15) is 12.1 Å². The molecule has 0 radical (unpaired) electrons. The maximum atomic E-state index is 11.7. The Labute approximate surface area is 115 Å². The van der Waals surface area contributed by atoms with Crippen LogP contribution in [0.2, 0.25) is 0 Å². The topological polar surface area (TPSA) is 83.0 Å². The first kappa shape index (κ1) is 12.4. The van der Waals surface area contributed by atoms with Crippen molar-refractivity contribution in [2.75, 3.05) is 12.3 Å². The summed E-state index contributed by atoms with van der Waals surface area (Å²) in [7, 11) is 0. The molecule has 6 heteroatoms. The first-order valence-electron chi connectivity index (χ1n) is 6.35. The monoisotopic (exact) mass is 270 g/mol. The minimum atomic E-state index is -0.334. The van der Waals surface area contributed by atoms with Gasteiger partial charge in [-0.05, 0) is 13.0 Å². The van der Waals surface area contributed by atoms with Gasteiger partial charge in [-0.2, -0.15) is 0 Å². The van der Waals surface area contributed by atoms with Crippen molar-refractivity contribution in [1.82, 2.24) is 14.5 Å². The number of carbonyl (C=O) groups is 1. The number of imidazole rings is 1. The number of pyridine rings is 1. The number of nitrogens with zero attached hydrogens (tertiary/aromatic N) is 3. The third kappa shape index (κ3) is 1.95. The number of anilines is 1. The van der Waals surface area contributed by atoms with Crippen molar-refractivity contribution in [1.29, 1.82) is 0 Å². The number of aromatic nitrogens is 3. The summed E-state index contributed by atoms with van der Waals surface area (Å²) < 4.78 is 6.64. The van der Waals surface area contributed by atoms with Crippen LogP contribution in [0.1, 0.15) is 6.92 Å². The summed E-state index contributed by atoms with van der Waals surface area (Å²) in [6.07, 6.45) is 1.66. The lowest BCUT2D eigenvalue weighted by atomic mass is 10.2. The first-order valence-corrected chi connectivity index (χ1v) is 6.35. The number of carbonyl (C=O) groups excluding carboxylic acids is 1. The molecule has 20 heavy (non-hydrogen) atoms. The Kier molecular flexibility index (Phi) is 2.98. The van der Waals surface area contributed by atoms with Gasteiger partial charge >= 0.3 is 5.97 Å². The van der Waals surface area contributed by atoms with E-state index in [0.717, 1.165) is 16.4 Å². The average Bonchev–Trinajstić information content (AvgIpc) is 2.76. The van der Waals surface area contributed by atoms with E-state index < -0.39 is 0 Å². The molecule has 0 bridgehead atoms. The molecule has 2 N–H and O–H groups in total. The molecule has 0 amide bonds. The molecule has 0 saturated carbocycles. The van der Waals surface area contributed by atoms with Crippen molar-refractivity contribution in [2.24, 2.45) is 0 Å². The summed E-state index contributed by atoms with van der Waals surface area (Å²) >= 11 is 0. The molecule has 2 heterocycles. The van der Waals surface area contributed by atoms with Crippen LogP contribution in [0.4, 0.5) is 5.95 Å². The smallest absolute Gasteiger partial charge is 0.326 e. The fourth-order valence-corrected chi connectivity index (χ4v) is 2.28. The second kappa shape index (κ2) is 4.80. The molecule has 3 rings (SSSR count). The standard InChI is InChI=1S/C14H14N4O2/c1-2-20-12(19)8-18-13-9-5-3-4-6-10(9)16-7-11(13)17-14(18)15/h3-7H,2,8H2,1H3,(H2,15,17). The second-order valence-corrected chi connectivity index (χ2v) is 4.37. The lowest BCUT2D eigenvalue weighted by molar-refractivity contribution is -0.143. The third-order valence-electron chi connectivity index (χ3n) is 3.10. The molecule has 0 atom stereocenters. The van der Waals surface area contributed by atoms with E-state index >= 15 is 0 Å². The van der Waals surface area contributed by atoms with Gasteiger partial charge in [-0.1, -0.05) is 18.2 Å². The zero-order chi connectivity index (χ0) is 14.1. The predicted octanol–water partition coefficient (Wildman–Crippen LogP) is 1.73. The molecule has 0 aliphatic carbocycles. The first-order chi connectivity index (χ1) is 9.70. The molecule has 1 aromatic carbocycles. The number of ether oxygens (including phenoxy) is 1. The van der Waals surface area contributed by atoms with Crippen molar-refractivity contribution in [2.45, 2.75) is 13.5 Å². The van der Waals surface area contributed by atoms with Crippen LogP contribution in [0.15, 0.2) is 30.5 Å². The number of rotatable bonds is 3. The van der Waals surface area contributed by atoms with E-state index in [9.17, 15) is 4.79 Å². The number of fused-ring (bicyclic) bond motifs is 3. The summed E-state index contributed by atoms with van der Waals surface area (Å²) in [5.74, 6) is -0.0504. The van der Waals surface area contributed by atoms with Gasteiger partial charge in [0.05, 0.1) is 23.8 Å². The molecule has 3 aromatic rings. The van der Waals surface area contributed by atoms with Crippen LogP contribution in [0.3, 0.4) is 0 Å². The number of para-hydroxylation sites is 1. The Bertz CT molecular complexity index is 794. The Morgan fingerprint density at radius 3 is 2.95 bits per heavy atom. The van der Waals surface area contributed by atoms with Gasteiger partial charge in [0.15, 0.2) is 0 Å². The Hall–Kier alpha value is -2.63. The summed E-state index contributed by atoms with van der Waals surface area (Å²) in [6.45, 7) is 2.16. The molecule has 0 unspecified atom stereocenters. The van der Waals surface area contributed by atoms with E-state index in [1.165, 1.54) is 0 Å². The van der Waals surface area contributed by atoms with Crippen LogP contribution in [0.25, 0.3) is 21.9 Å². The van der Waals surface area contributed by atoms with Crippen molar-refractivity contribution < 1.29 is 9.53 Å². The average molecular weight is 270 g/mol. The van der Waals surface area contributed by atoms with Crippen LogP contribution in [0.5, 0.6) is 0 Å². The van der Waals surface area contributed by atoms with Crippen LogP contribution in [-0.4, -0.2) is 27.1 Å². The van der Waals surface area contributed by atoms with E-state index in [-0.39, 0.29) is 18.5 Å². The van der Waals surface area contributed by atoms with E-state index in [4.69, 9.17) is 10.5 Å². The SMILES string of the molecule is CCOC(=O)Cn1c(N)nc2cnc3ccccc3c21. The maximum Gasteiger partial charge on any atom is 0.326 e. The molecule has 0 aliphatic heterocycles. The van der Waals surface area contributed by atoms with Crippen LogP contribution in [0, 0.1) is 0 Å². The van der Waals surface area contributed by atoms with Crippen molar-refractivity contribution in [3.8, 4) is 0 Å². The number of esters is 1. The highest BCUT2D eigenvalue weighted by molar-refractivity contribution is 6.03. The van der Waals surface area contributed by atoms with E-state index in [2.05, 4.69) is 9.97 Å². The zero-order valence-electron chi connectivity index (χ0n) is 11.0. The predicted molar refractivity (Wildman–Crippen MR) is 76.1 cm³/mol. The lowest BCUT2D eigenvalue weighted by Gasteiger charge is -2.07. The number of hydrogen-bond donors (Lipinski definition) is 1. The summed E-state index contributed by atoms with van der Waals surface area (Å²) in [4.78, 5) is 20.3. The van der Waals surface area contributed by atoms with Gasteiger partial charge in [0, 0.05) is 5.39 Å². The maximum absolute atomic E-state index is 11.7. The number of nitrogens with two attached hydrogens (primary N) is 1. The lowest BCUT2D eigenvalue weighted by Crippen LogP contribution is -2.15. The molecule has 102 valence electrons. The third-order valence-corrected chi connectivity index (χ3v) is 3.10. The highest BCUT2D eigenvalue weighted by Gasteiger charge is 2.15. The fourth-order valence-electron chi connectivity index (χ4n) is 2.28. The number of benzene rings is 1. The van der Waals surface area contributed by atoms with E-state index in [1.54, 1.807) is 17.7 Å². The Balaban J connectivity index is 2.22. The van der Waals surface area contributed by atoms with Crippen molar-refractivity contribution in [3.63, 3.8) is 0 Å². The highest BCUT2D eigenvalue weighted by Crippen LogP contribution is 2.25. The van der Waals surface area contributed by atoms with E-state index in [0.29, 0.717) is 12.1 Å². The van der Waals surface area contributed by atoms with Gasteiger partial charge in [-0.25, -0.2) is 4.98 Å². The summed E-state index contributed by atoms with van der Waals surface area (Å²) in [5.41, 5.74) is 8.22. The molecular formula is C14H14N4O2. The van der Waals surface area contributed by atoms with Crippen LogP contribution < -0.4 is 5.73 Å². The number of nitrogen functional groups attached to an aromatic ring is 1. The van der Waals surface area contributed by atoms with Crippen molar-refractivity contribution in [3.05, 3.63) is 30.5 Å². The van der Waals surface area contributed by atoms with Crippen LogP contribution in [-0.2, 0) is 16.1 Å². The summed E-state index contributed by atoms with van der Waals surface area (Å²) in [6, 6.07) is 7.68. The van der Waals surface area contributed by atoms with Gasteiger partial charge in [-0.15, -0.1) is 0 Å². The quantitative estimate of drug-likeness (QED) is 0.733. The zero-order valence-corrected chi connectivity index (χ0v) is 11.0. The van der Waals surface area contributed by atoms with Gasteiger partial charge in [0.2, 0.25) is 5.95 Å². The molecule has 0 aliphatic rings. The molecule has 0 fully saturated rings. The largest absolute Gasteiger partial charge is 0.465 e.